The van der Waals surface area contributed by atoms with Gasteiger partial charge in [-0.2, -0.15) is 0 Å². The van der Waals surface area contributed by atoms with Crippen LogP contribution < -0.4 is 10.6 Å². The second kappa shape index (κ2) is 10.8. The van der Waals surface area contributed by atoms with E-state index in [1.54, 1.807) is 22.5 Å². The van der Waals surface area contributed by atoms with Crippen molar-refractivity contribution < 1.29 is 14.7 Å². The van der Waals surface area contributed by atoms with Crippen molar-refractivity contribution in [1.82, 2.24) is 20.2 Å². The molecule has 3 amide bonds. The number of carbonyl (C=O) groups is 2. The van der Waals surface area contributed by atoms with Crippen molar-refractivity contribution >= 4 is 34.5 Å². The van der Waals surface area contributed by atoms with E-state index in [0.717, 1.165) is 22.3 Å². The molecule has 0 aliphatic carbocycles. The van der Waals surface area contributed by atoms with Crippen molar-refractivity contribution in [3.63, 3.8) is 0 Å². The Morgan fingerprint density at radius 3 is 2.83 bits per heavy atom. The van der Waals surface area contributed by atoms with E-state index in [0.29, 0.717) is 23.8 Å². The summed E-state index contributed by atoms with van der Waals surface area (Å²) >= 11 is 1.33. The Labute approximate surface area is 208 Å². The molecule has 3 aromatic rings. The number of aromatic nitrogens is 2. The molecule has 1 aliphatic rings. The van der Waals surface area contributed by atoms with E-state index in [1.807, 2.05) is 57.2 Å². The van der Waals surface area contributed by atoms with Gasteiger partial charge >= 0.3 is 6.03 Å². The Kier molecular flexibility index (Phi) is 7.57. The van der Waals surface area contributed by atoms with Gasteiger partial charge in [0, 0.05) is 41.9 Å². The molecular formula is C26H29N5O3S. The zero-order valence-electron chi connectivity index (χ0n) is 20.0. The van der Waals surface area contributed by atoms with Crippen molar-refractivity contribution in [2.24, 2.45) is 0 Å². The summed E-state index contributed by atoms with van der Waals surface area (Å²) in [4.78, 5) is 36.8. The Balaban J connectivity index is 1.84. The molecule has 8 nitrogen and oxygen atoms in total. The van der Waals surface area contributed by atoms with Crippen molar-refractivity contribution in [3.05, 3.63) is 70.4 Å². The monoisotopic (exact) mass is 491 g/mol. The molecule has 9 heteroatoms. The second-order valence-corrected chi connectivity index (χ2v) is 9.50. The van der Waals surface area contributed by atoms with Gasteiger partial charge in [-0.1, -0.05) is 30.4 Å². The van der Waals surface area contributed by atoms with E-state index in [9.17, 15) is 14.7 Å². The van der Waals surface area contributed by atoms with Gasteiger partial charge in [-0.25, -0.2) is 14.8 Å². The number of allylic oxidation sites excluding steroid dienone is 1. The lowest BCUT2D eigenvalue weighted by atomic mass is 9.95. The normalized spacial score (nSPS) is 15.0. The highest BCUT2D eigenvalue weighted by atomic mass is 32.1. The summed E-state index contributed by atoms with van der Waals surface area (Å²) in [6.07, 6.45) is 5.95. The molecule has 0 saturated carbocycles. The number of carbonyl (C=O) groups excluding carboxylic acids is 2. The number of hydrogen-bond donors (Lipinski definition) is 3. The highest BCUT2D eigenvalue weighted by Gasteiger charge is 2.37. The van der Waals surface area contributed by atoms with Crippen LogP contribution in [0.3, 0.4) is 0 Å². The molecule has 0 fully saturated rings. The van der Waals surface area contributed by atoms with Crippen LogP contribution in [0.1, 0.15) is 60.4 Å². The van der Waals surface area contributed by atoms with Crippen LogP contribution in [-0.2, 0) is 6.54 Å². The van der Waals surface area contributed by atoms with Gasteiger partial charge in [0.25, 0.3) is 5.91 Å². The fourth-order valence-electron chi connectivity index (χ4n) is 4.29. The number of urea groups is 1. The van der Waals surface area contributed by atoms with Gasteiger partial charge in [0.2, 0.25) is 0 Å². The zero-order chi connectivity index (χ0) is 24.9. The molecule has 3 heterocycles. The summed E-state index contributed by atoms with van der Waals surface area (Å²) in [7, 11) is 0. The van der Waals surface area contributed by atoms with E-state index in [4.69, 9.17) is 4.98 Å². The van der Waals surface area contributed by atoms with E-state index in [1.165, 1.54) is 11.3 Å². The third kappa shape index (κ3) is 5.41. The zero-order valence-corrected chi connectivity index (χ0v) is 20.8. The first kappa shape index (κ1) is 24.6. The van der Waals surface area contributed by atoms with Crippen LogP contribution in [-0.4, -0.2) is 44.6 Å². The molecule has 0 spiro atoms. The first-order valence-electron chi connectivity index (χ1n) is 11.6. The molecule has 3 N–H and O–H groups in total. The van der Waals surface area contributed by atoms with Crippen molar-refractivity contribution in [3.8, 4) is 11.3 Å². The minimum Gasteiger partial charge on any atom is -0.396 e. The number of rotatable bonds is 7. The predicted molar refractivity (Wildman–Crippen MR) is 138 cm³/mol. The van der Waals surface area contributed by atoms with E-state index < -0.39 is 0 Å². The number of thiazole rings is 1. The summed E-state index contributed by atoms with van der Waals surface area (Å²) in [5.74, 6) is -0.364. The predicted octanol–water partition coefficient (Wildman–Crippen LogP) is 4.85. The number of anilines is 1. The fourth-order valence-corrected chi connectivity index (χ4v) is 4.81. The Hall–Kier alpha value is -3.56. The maximum atomic E-state index is 13.1. The average Bonchev–Trinajstić information content (AvgIpc) is 3.47. The number of benzene rings is 1. The van der Waals surface area contributed by atoms with Gasteiger partial charge < -0.3 is 15.3 Å². The summed E-state index contributed by atoms with van der Waals surface area (Å²) in [5, 5.41) is 17.9. The van der Waals surface area contributed by atoms with Crippen LogP contribution in [0.2, 0.25) is 0 Å². The van der Waals surface area contributed by atoms with Crippen LogP contribution in [0.5, 0.6) is 0 Å². The Morgan fingerprint density at radius 2 is 2.14 bits per heavy atom. The molecule has 0 unspecified atom stereocenters. The molecule has 0 bridgehead atoms. The van der Waals surface area contributed by atoms with Gasteiger partial charge in [0.1, 0.15) is 5.69 Å². The SMILES string of the molecule is C/C=C/c1cccc(-c2nc(C(=O)Nc3nccs3)cc3c2[C@H](CCO)N(C(=O)NC(C)C)C3)c1. The van der Waals surface area contributed by atoms with Gasteiger partial charge in [-0.3, -0.25) is 10.1 Å². The molecule has 182 valence electrons. The van der Waals surface area contributed by atoms with E-state index in [-0.39, 0.29) is 36.3 Å². The van der Waals surface area contributed by atoms with Crippen LogP contribution in [0.4, 0.5) is 9.93 Å². The first-order valence-corrected chi connectivity index (χ1v) is 12.4. The standard InChI is InChI=1S/C26H29N5O3S/c1-4-6-17-7-5-8-18(13-17)23-22-19(14-20(29-23)24(33)30-25-27-10-12-35-25)15-31(21(22)9-11-32)26(34)28-16(2)3/h4-8,10,12-14,16,21,32H,9,11,15H2,1-3H3,(H,28,34)(H,27,30,33)/b6-4+/t21-/m0/s1. The lowest BCUT2D eigenvalue weighted by molar-refractivity contribution is 0.102. The maximum absolute atomic E-state index is 13.1. The smallest absolute Gasteiger partial charge is 0.318 e. The molecule has 1 aliphatic heterocycles. The number of fused-ring (bicyclic) bond motifs is 1. The number of nitrogens with one attached hydrogen (secondary N) is 2. The van der Waals surface area contributed by atoms with Gasteiger partial charge in [0.15, 0.2) is 5.13 Å². The number of pyridine rings is 1. The van der Waals surface area contributed by atoms with Gasteiger partial charge in [0.05, 0.1) is 11.7 Å². The Bertz CT molecular complexity index is 1240. The fraction of sp³-hybridized carbons (Fsp3) is 0.308. The van der Waals surface area contributed by atoms with Crippen molar-refractivity contribution in [1.29, 1.82) is 0 Å². The largest absolute Gasteiger partial charge is 0.396 e. The molecule has 4 rings (SSSR count). The third-order valence-corrected chi connectivity index (χ3v) is 6.36. The third-order valence-electron chi connectivity index (χ3n) is 5.67. The summed E-state index contributed by atoms with van der Waals surface area (Å²) in [5.41, 5.74) is 4.43. The lowest BCUT2D eigenvalue weighted by Crippen LogP contribution is -2.42. The van der Waals surface area contributed by atoms with E-state index >= 15 is 0 Å². The molecule has 0 saturated heterocycles. The van der Waals surface area contributed by atoms with E-state index in [2.05, 4.69) is 15.6 Å². The van der Waals surface area contributed by atoms with Crippen molar-refractivity contribution in [2.75, 3.05) is 11.9 Å². The highest BCUT2D eigenvalue weighted by molar-refractivity contribution is 7.13. The number of aliphatic hydroxyl groups is 1. The topological polar surface area (TPSA) is 107 Å². The molecule has 1 aromatic carbocycles. The molecule has 0 radical (unpaired) electrons. The lowest BCUT2D eigenvalue weighted by Gasteiger charge is -2.26. The number of amides is 3. The summed E-state index contributed by atoms with van der Waals surface area (Å²) in [6, 6.07) is 9.04. The summed E-state index contributed by atoms with van der Waals surface area (Å²) in [6.45, 7) is 6.00. The minimum absolute atomic E-state index is 0.0317. The van der Waals surface area contributed by atoms with Crippen LogP contribution in [0.25, 0.3) is 17.3 Å². The average molecular weight is 492 g/mol. The van der Waals surface area contributed by atoms with Crippen LogP contribution in [0.15, 0.2) is 48.0 Å². The second-order valence-electron chi connectivity index (χ2n) is 8.61. The molecular weight excluding hydrogens is 462 g/mol. The van der Waals surface area contributed by atoms with Crippen molar-refractivity contribution in [2.45, 2.75) is 45.8 Å². The van der Waals surface area contributed by atoms with Gasteiger partial charge in [-0.15, -0.1) is 11.3 Å². The quantitative estimate of drug-likeness (QED) is 0.438. The minimum atomic E-state index is -0.364. The van der Waals surface area contributed by atoms with Gasteiger partial charge in [-0.05, 0) is 50.5 Å². The Morgan fingerprint density at radius 1 is 1.31 bits per heavy atom. The maximum Gasteiger partial charge on any atom is 0.318 e. The van der Waals surface area contributed by atoms with Crippen LogP contribution in [0, 0.1) is 0 Å². The number of aliphatic hydroxyl groups excluding tert-OH is 1. The van der Waals surface area contributed by atoms with Crippen LogP contribution >= 0.6 is 11.3 Å². The summed E-state index contributed by atoms with van der Waals surface area (Å²) < 4.78 is 0. The highest BCUT2D eigenvalue weighted by Crippen LogP contribution is 2.42. The molecule has 35 heavy (non-hydrogen) atoms. The number of hydrogen-bond acceptors (Lipinski definition) is 6. The molecule has 2 aromatic heterocycles. The molecule has 1 atom stereocenters. The first-order chi connectivity index (χ1) is 16.9. The number of nitrogens with zero attached hydrogens (tertiary/aromatic N) is 3.